The first-order valence-corrected chi connectivity index (χ1v) is 6.80. The van der Waals surface area contributed by atoms with E-state index < -0.39 is 11.9 Å². The summed E-state index contributed by atoms with van der Waals surface area (Å²) in [6.45, 7) is 3.30. The number of benzene rings is 1. The van der Waals surface area contributed by atoms with Crippen molar-refractivity contribution >= 4 is 51.9 Å². The lowest BCUT2D eigenvalue weighted by Gasteiger charge is -2.08. The number of fused-ring (bicyclic) bond motifs is 1. The maximum Gasteiger partial charge on any atom is 0.424 e. The summed E-state index contributed by atoms with van der Waals surface area (Å²) in [6, 6.07) is 2.93. The van der Waals surface area contributed by atoms with Gasteiger partial charge in [-0.25, -0.2) is 14.6 Å². The zero-order valence-electron chi connectivity index (χ0n) is 11.7. The summed E-state index contributed by atoms with van der Waals surface area (Å²) < 4.78 is 5.74. The van der Waals surface area contributed by atoms with Gasteiger partial charge in [-0.1, -0.05) is 23.2 Å². The Morgan fingerprint density at radius 1 is 1.32 bits per heavy atom. The molecule has 2 N–H and O–H groups in total. The molecule has 0 saturated heterocycles. The van der Waals surface area contributed by atoms with Crippen molar-refractivity contribution in [3.05, 3.63) is 27.9 Å². The van der Waals surface area contributed by atoms with Gasteiger partial charge in [0.1, 0.15) is 11.2 Å². The highest BCUT2D eigenvalue weighted by Gasteiger charge is 2.29. The molecule has 0 amide bonds. The average molecular weight is 409 g/mol. The SMILES string of the molecule is CCOC(=O)C(=O)[n+]1c(N)c(C)nc2cc(Cl)c(Cl)cc21.[Br-]. The van der Waals surface area contributed by atoms with Crippen molar-refractivity contribution in [2.24, 2.45) is 0 Å². The van der Waals surface area contributed by atoms with Crippen LogP contribution in [0.1, 0.15) is 17.4 Å². The number of nitrogen functional groups attached to an aromatic ring is 1. The van der Waals surface area contributed by atoms with Gasteiger partial charge in [-0.3, -0.25) is 5.73 Å². The minimum absolute atomic E-state index is 0. The van der Waals surface area contributed by atoms with Gasteiger partial charge in [0.05, 0.1) is 16.7 Å². The average Bonchev–Trinajstić information content (AvgIpc) is 2.42. The Morgan fingerprint density at radius 3 is 2.50 bits per heavy atom. The first-order valence-electron chi connectivity index (χ1n) is 6.05. The molecule has 1 aromatic heterocycles. The Labute approximate surface area is 146 Å². The minimum Gasteiger partial charge on any atom is -1.00 e. The Kier molecular flexibility index (Phi) is 6.10. The highest BCUT2D eigenvalue weighted by molar-refractivity contribution is 6.42. The van der Waals surface area contributed by atoms with E-state index in [9.17, 15) is 9.59 Å². The predicted octanol–water partition coefficient (Wildman–Crippen LogP) is -1.07. The number of nitrogens with zero attached hydrogens (tertiary/aromatic N) is 2. The summed E-state index contributed by atoms with van der Waals surface area (Å²) in [6.07, 6.45) is 0. The number of rotatable bonds is 1. The van der Waals surface area contributed by atoms with Gasteiger partial charge in [0.2, 0.25) is 0 Å². The fraction of sp³-hybridized carbons (Fsp3) is 0.231. The molecular formula is C13H12BrCl2N3O3. The molecule has 0 aliphatic carbocycles. The van der Waals surface area contributed by atoms with E-state index in [4.69, 9.17) is 33.7 Å². The zero-order valence-corrected chi connectivity index (χ0v) is 14.8. The third-order valence-corrected chi connectivity index (χ3v) is 3.53. The van der Waals surface area contributed by atoms with E-state index >= 15 is 0 Å². The Bertz CT molecular complexity index is 763. The number of aryl methyl sites for hydroxylation is 1. The fourth-order valence-electron chi connectivity index (χ4n) is 1.83. The van der Waals surface area contributed by atoms with Gasteiger partial charge in [-0.2, -0.15) is 0 Å². The van der Waals surface area contributed by atoms with Crippen LogP contribution in [0, 0.1) is 6.92 Å². The molecule has 2 rings (SSSR count). The summed E-state index contributed by atoms with van der Waals surface area (Å²) in [7, 11) is 0. The van der Waals surface area contributed by atoms with E-state index in [1.54, 1.807) is 13.8 Å². The first-order chi connectivity index (χ1) is 9.86. The quantitative estimate of drug-likeness (QED) is 0.369. The molecule has 0 radical (unpaired) electrons. The maximum absolute atomic E-state index is 12.2. The van der Waals surface area contributed by atoms with E-state index in [2.05, 4.69) is 4.98 Å². The topological polar surface area (TPSA) is 86.2 Å². The molecule has 0 unspecified atom stereocenters. The number of aromatic nitrogens is 2. The molecule has 0 aliphatic rings. The van der Waals surface area contributed by atoms with Crippen LogP contribution in [0.3, 0.4) is 0 Å². The highest BCUT2D eigenvalue weighted by atomic mass is 79.9. The van der Waals surface area contributed by atoms with Crippen molar-refractivity contribution in [1.29, 1.82) is 0 Å². The maximum atomic E-state index is 12.2. The molecule has 0 saturated carbocycles. The van der Waals surface area contributed by atoms with E-state index in [1.807, 2.05) is 0 Å². The molecule has 0 atom stereocenters. The number of ether oxygens (including phenoxy) is 1. The van der Waals surface area contributed by atoms with Crippen molar-refractivity contribution in [1.82, 2.24) is 4.98 Å². The molecule has 2 aromatic rings. The second-order valence-electron chi connectivity index (χ2n) is 4.20. The molecule has 0 spiro atoms. The van der Waals surface area contributed by atoms with Crippen molar-refractivity contribution < 1.29 is 35.9 Å². The monoisotopic (exact) mass is 407 g/mol. The lowest BCUT2D eigenvalue weighted by atomic mass is 10.2. The summed E-state index contributed by atoms with van der Waals surface area (Å²) in [5.74, 6) is -1.88. The molecule has 9 heteroatoms. The second-order valence-corrected chi connectivity index (χ2v) is 5.01. The number of anilines is 1. The second kappa shape index (κ2) is 7.21. The lowest BCUT2D eigenvalue weighted by molar-refractivity contribution is -0.527. The summed E-state index contributed by atoms with van der Waals surface area (Å²) in [5.41, 5.74) is 6.93. The third-order valence-electron chi connectivity index (χ3n) is 2.81. The lowest BCUT2D eigenvalue weighted by Crippen LogP contribution is -3.00. The summed E-state index contributed by atoms with van der Waals surface area (Å²) >= 11 is 11.9. The van der Waals surface area contributed by atoms with Gasteiger partial charge in [-0.05, 0) is 19.9 Å². The fourth-order valence-corrected chi connectivity index (χ4v) is 2.14. The van der Waals surface area contributed by atoms with E-state index in [-0.39, 0.29) is 45.0 Å². The van der Waals surface area contributed by atoms with Crippen LogP contribution in [0.25, 0.3) is 11.0 Å². The van der Waals surface area contributed by atoms with Gasteiger partial charge in [0.25, 0.3) is 0 Å². The van der Waals surface area contributed by atoms with Gasteiger partial charge in [0, 0.05) is 6.07 Å². The third kappa shape index (κ3) is 3.31. The Hall–Kier alpha value is -1.44. The Morgan fingerprint density at radius 2 is 1.91 bits per heavy atom. The largest absolute Gasteiger partial charge is 1.00 e. The number of nitrogens with two attached hydrogens (primary N) is 1. The van der Waals surface area contributed by atoms with Crippen LogP contribution >= 0.6 is 23.2 Å². The van der Waals surface area contributed by atoms with Crippen LogP contribution in [-0.2, 0) is 9.53 Å². The normalized spacial score (nSPS) is 10.2. The van der Waals surface area contributed by atoms with Gasteiger partial charge in [0.15, 0.2) is 5.52 Å². The molecule has 1 heterocycles. The van der Waals surface area contributed by atoms with Crippen molar-refractivity contribution in [3.8, 4) is 0 Å². The number of carbonyl (C=O) groups excluding carboxylic acids is 2. The smallest absolute Gasteiger partial charge is 0.424 e. The van der Waals surface area contributed by atoms with Crippen LogP contribution in [-0.4, -0.2) is 23.5 Å². The van der Waals surface area contributed by atoms with Crippen molar-refractivity contribution in [2.75, 3.05) is 12.3 Å². The van der Waals surface area contributed by atoms with Crippen LogP contribution in [0.4, 0.5) is 5.82 Å². The highest BCUT2D eigenvalue weighted by Crippen LogP contribution is 2.26. The van der Waals surface area contributed by atoms with Crippen LogP contribution < -0.4 is 27.3 Å². The number of carbonyl (C=O) groups is 2. The minimum atomic E-state index is -1.01. The molecule has 6 nitrogen and oxygen atoms in total. The van der Waals surface area contributed by atoms with Gasteiger partial charge >= 0.3 is 17.7 Å². The van der Waals surface area contributed by atoms with Gasteiger partial charge in [-0.15, -0.1) is 4.57 Å². The molecule has 22 heavy (non-hydrogen) atoms. The predicted molar refractivity (Wildman–Crippen MR) is 78.4 cm³/mol. The van der Waals surface area contributed by atoms with Gasteiger partial charge < -0.3 is 21.7 Å². The van der Waals surface area contributed by atoms with Crippen molar-refractivity contribution in [3.63, 3.8) is 0 Å². The van der Waals surface area contributed by atoms with Crippen LogP contribution in [0.2, 0.25) is 10.0 Å². The molecule has 118 valence electrons. The summed E-state index contributed by atoms with van der Waals surface area (Å²) in [5, 5.41) is 0.510. The number of hydrogen-bond acceptors (Lipinski definition) is 5. The van der Waals surface area contributed by atoms with Crippen LogP contribution in [0.5, 0.6) is 0 Å². The van der Waals surface area contributed by atoms with Crippen LogP contribution in [0.15, 0.2) is 12.1 Å². The summed E-state index contributed by atoms with van der Waals surface area (Å²) in [4.78, 5) is 28.1. The van der Waals surface area contributed by atoms with E-state index in [0.29, 0.717) is 11.2 Å². The first kappa shape index (κ1) is 18.6. The van der Waals surface area contributed by atoms with E-state index in [0.717, 1.165) is 4.57 Å². The molecular weight excluding hydrogens is 397 g/mol. The standard InChI is InChI=1S/C13H11Cl2N3O3.BrH/c1-3-21-13(20)12(19)18-10-5-8(15)7(14)4-9(10)17-6(2)11(18)16;/h4-5,16H,3H2,1-2H3;1H. The molecule has 1 aromatic carbocycles. The molecule has 0 fully saturated rings. The number of hydrogen-bond donors (Lipinski definition) is 1. The number of esters is 1. The Balaban J connectivity index is 0.00000242. The van der Waals surface area contributed by atoms with E-state index in [1.165, 1.54) is 12.1 Å². The number of halogens is 3. The van der Waals surface area contributed by atoms with Crippen molar-refractivity contribution in [2.45, 2.75) is 13.8 Å². The molecule has 0 bridgehead atoms. The molecule has 0 aliphatic heterocycles. The zero-order chi connectivity index (χ0) is 15.7.